The van der Waals surface area contributed by atoms with E-state index >= 15 is 0 Å². The maximum Gasteiger partial charge on any atom is 0.363 e. The van der Waals surface area contributed by atoms with Crippen molar-refractivity contribution in [1.82, 2.24) is 0 Å². The van der Waals surface area contributed by atoms with E-state index in [4.69, 9.17) is 4.74 Å². The Morgan fingerprint density at radius 3 is 2.57 bits per heavy atom. The van der Waals surface area contributed by atoms with E-state index in [-0.39, 0.29) is 5.70 Å². The Labute approximate surface area is 136 Å². The summed E-state index contributed by atoms with van der Waals surface area (Å²) in [5.74, 6) is -0.563. The van der Waals surface area contributed by atoms with Crippen LogP contribution >= 0.6 is 11.3 Å². The highest BCUT2D eigenvalue weighted by molar-refractivity contribution is 7.14. The van der Waals surface area contributed by atoms with Gasteiger partial charge in [0.2, 0.25) is 5.90 Å². The molecule has 0 atom stereocenters. The molecule has 1 aliphatic heterocycles. The number of thiophene rings is 1. The van der Waals surface area contributed by atoms with Gasteiger partial charge >= 0.3 is 11.9 Å². The second-order valence-electron chi connectivity index (χ2n) is 4.86. The summed E-state index contributed by atoms with van der Waals surface area (Å²) in [6.45, 7) is 1.98. The number of hydrogen-bond donors (Lipinski definition) is 0. The summed E-state index contributed by atoms with van der Waals surface area (Å²) >= 11 is 1.52. The number of hydrogen-bond acceptors (Lipinski definition) is 6. The van der Waals surface area contributed by atoms with E-state index < -0.39 is 11.9 Å². The topological polar surface area (TPSA) is 65.0 Å². The molecule has 0 aliphatic carbocycles. The number of aliphatic imine (C=N–C) groups is 1. The van der Waals surface area contributed by atoms with Gasteiger partial charge in [-0.25, -0.2) is 14.6 Å². The minimum absolute atomic E-state index is 0.233. The van der Waals surface area contributed by atoms with Gasteiger partial charge in [0.1, 0.15) is 0 Å². The third kappa shape index (κ3) is 3.22. The van der Waals surface area contributed by atoms with Gasteiger partial charge in [-0.2, -0.15) is 0 Å². The third-order valence-electron chi connectivity index (χ3n) is 3.21. The quantitative estimate of drug-likeness (QED) is 0.641. The zero-order chi connectivity index (χ0) is 16.4. The molecule has 116 valence electrons. The molecule has 0 unspecified atom stereocenters. The second-order valence-corrected chi connectivity index (χ2v) is 6.15. The van der Waals surface area contributed by atoms with Gasteiger partial charge in [-0.3, -0.25) is 0 Å². The minimum atomic E-state index is -0.483. The summed E-state index contributed by atoms with van der Waals surface area (Å²) in [7, 11) is 1.33. The summed E-state index contributed by atoms with van der Waals surface area (Å²) in [6, 6.07) is 10.5. The Hall–Kier alpha value is -2.73. The van der Waals surface area contributed by atoms with Crippen LogP contribution in [-0.2, 0) is 14.3 Å². The van der Waals surface area contributed by atoms with Crippen molar-refractivity contribution in [3.63, 3.8) is 0 Å². The highest BCUT2D eigenvalue weighted by Gasteiger charge is 2.25. The SMILES string of the molecule is COC(=O)c1ccc(/C=C2\N=C(c3ccc(C)s3)OC2=O)cc1. The zero-order valence-electron chi connectivity index (χ0n) is 12.5. The third-order valence-corrected chi connectivity index (χ3v) is 4.20. The highest BCUT2D eigenvalue weighted by atomic mass is 32.1. The molecule has 3 rings (SSSR count). The standard InChI is InChI=1S/C17H13NO4S/c1-10-3-8-14(23-10)15-18-13(17(20)22-15)9-11-4-6-12(7-5-11)16(19)21-2/h3-9H,1-2H3/b13-9-. The van der Waals surface area contributed by atoms with E-state index in [2.05, 4.69) is 9.73 Å². The van der Waals surface area contributed by atoms with Gasteiger partial charge in [0.25, 0.3) is 0 Å². The molecule has 0 bridgehead atoms. The summed E-state index contributed by atoms with van der Waals surface area (Å²) in [5, 5.41) is 0. The molecule has 0 spiro atoms. The molecule has 2 heterocycles. The number of carbonyl (C=O) groups excluding carboxylic acids is 2. The Balaban J connectivity index is 1.85. The number of rotatable bonds is 3. The number of cyclic esters (lactones) is 1. The molecular weight excluding hydrogens is 314 g/mol. The molecule has 0 amide bonds. The largest absolute Gasteiger partial charge is 0.465 e. The lowest BCUT2D eigenvalue weighted by Crippen LogP contribution is -2.03. The number of aryl methyl sites for hydroxylation is 1. The van der Waals surface area contributed by atoms with Gasteiger partial charge in [-0.15, -0.1) is 11.3 Å². The van der Waals surface area contributed by atoms with Gasteiger partial charge in [0, 0.05) is 4.88 Å². The fraction of sp³-hybridized carbons (Fsp3) is 0.118. The Morgan fingerprint density at radius 1 is 1.22 bits per heavy atom. The first-order chi connectivity index (χ1) is 11.1. The van der Waals surface area contributed by atoms with Crippen molar-refractivity contribution in [2.24, 2.45) is 4.99 Å². The molecule has 0 saturated carbocycles. The highest BCUT2D eigenvalue weighted by Crippen LogP contribution is 2.23. The van der Waals surface area contributed by atoms with Crippen LogP contribution in [0.1, 0.15) is 25.7 Å². The normalized spacial score (nSPS) is 15.5. The van der Waals surface area contributed by atoms with Crippen molar-refractivity contribution < 1.29 is 19.1 Å². The molecule has 23 heavy (non-hydrogen) atoms. The number of carbonyl (C=O) groups is 2. The van der Waals surface area contributed by atoms with E-state index in [1.807, 2.05) is 19.1 Å². The first kappa shape index (κ1) is 15.2. The molecule has 1 aromatic heterocycles. The van der Waals surface area contributed by atoms with Crippen molar-refractivity contribution in [2.45, 2.75) is 6.92 Å². The van der Waals surface area contributed by atoms with E-state index in [1.54, 1.807) is 30.3 Å². The van der Waals surface area contributed by atoms with Crippen LogP contribution in [0.5, 0.6) is 0 Å². The monoisotopic (exact) mass is 327 g/mol. The lowest BCUT2D eigenvalue weighted by Gasteiger charge is -1.99. The Kier molecular flexibility index (Phi) is 4.08. The van der Waals surface area contributed by atoms with Crippen LogP contribution in [0, 0.1) is 6.92 Å². The van der Waals surface area contributed by atoms with Crippen molar-refractivity contribution in [1.29, 1.82) is 0 Å². The smallest absolute Gasteiger partial charge is 0.363 e. The van der Waals surface area contributed by atoms with E-state index in [1.165, 1.54) is 18.4 Å². The van der Waals surface area contributed by atoms with Gasteiger partial charge in [-0.1, -0.05) is 12.1 Å². The fourth-order valence-electron chi connectivity index (χ4n) is 2.06. The van der Waals surface area contributed by atoms with Crippen molar-refractivity contribution in [2.75, 3.05) is 7.11 Å². The van der Waals surface area contributed by atoms with Crippen LogP contribution in [0.4, 0.5) is 0 Å². The summed E-state index contributed by atoms with van der Waals surface area (Å²) in [6.07, 6.45) is 1.62. The first-order valence-electron chi connectivity index (χ1n) is 6.84. The number of nitrogens with zero attached hydrogens (tertiary/aromatic N) is 1. The van der Waals surface area contributed by atoms with E-state index in [0.29, 0.717) is 11.5 Å². The van der Waals surface area contributed by atoms with Crippen LogP contribution in [-0.4, -0.2) is 24.9 Å². The van der Waals surface area contributed by atoms with Crippen molar-refractivity contribution in [3.05, 3.63) is 63.0 Å². The van der Waals surface area contributed by atoms with Gasteiger partial charge in [0.15, 0.2) is 5.70 Å². The number of methoxy groups -OCH3 is 1. The minimum Gasteiger partial charge on any atom is -0.465 e. The molecule has 0 fully saturated rings. The van der Waals surface area contributed by atoms with E-state index in [9.17, 15) is 9.59 Å². The van der Waals surface area contributed by atoms with Gasteiger partial charge in [-0.05, 0) is 42.8 Å². The molecule has 1 aromatic carbocycles. The van der Waals surface area contributed by atoms with Crippen molar-refractivity contribution >= 4 is 35.2 Å². The van der Waals surface area contributed by atoms with Crippen LogP contribution < -0.4 is 0 Å². The maximum absolute atomic E-state index is 11.9. The second kappa shape index (κ2) is 6.18. The fourth-order valence-corrected chi connectivity index (χ4v) is 2.85. The summed E-state index contributed by atoms with van der Waals surface area (Å²) in [5.41, 5.74) is 1.43. The first-order valence-corrected chi connectivity index (χ1v) is 7.66. The van der Waals surface area contributed by atoms with Crippen LogP contribution in [0.3, 0.4) is 0 Å². The average molecular weight is 327 g/mol. The number of esters is 2. The molecule has 5 nitrogen and oxygen atoms in total. The lowest BCUT2D eigenvalue weighted by molar-refractivity contribution is -0.129. The molecule has 0 saturated heterocycles. The zero-order valence-corrected chi connectivity index (χ0v) is 13.3. The molecular formula is C17H13NO4S. The molecule has 6 heteroatoms. The Bertz CT molecular complexity index is 831. The van der Waals surface area contributed by atoms with Crippen molar-refractivity contribution in [3.8, 4) is 0 Å². The Morgan fingerprint density at radius 2 is 1.96 bits per heavy atom. The molecule has 0 radical (unpaired) electrons. The number of benzene rings is 1. The summed E-state index contributed by atoms with van der Waals surface area (Å²) < 4.78 is 9.85. The summed E-state index contributed by atoms with van der Waals surface area (Å²) in [4.78, 5) is 29.5. The van der Waals surface area contributed by atoms with Gasteiger partial charge < -0.3 is 9.47 Å². The maximum atomic E-state index is 11.9. The molecule has 0 N–H and O–H groups in total. The van der Waals surface area contributed by atoms with E-state index in [0.717, 1.165) is 15.3 Å². The lowest BCUT2D eigenvalue weighted by atomic mass is 10.1. The number of ether oxygens (including phenoxy) is 2. The average Bonchev–Trinajstić information content (AvgIpc) is 3.14. The van der Waals surface area contributed by atoms with Gasteiger partial charge in [0.05, 0.1) is 17.6 Å². The van der Waals surface area contributed by atoms with Crippen LogP contribution in [0.2, 0.25) is 0 Å². The van der Waals surface area contributed by atoms with Crippen LogP contribution in [0.15, 0.2) is 47.1 Å². The predicted molar refractivity (Wildman–Crippen MR) is 87.4 cm³/mol. The predicted octanol–water partition coefficient (Wildman–Crippen LogP) is 3.19. The molecule has 2 aromatic rings. The van der Waals surface area contributed by atoms with Crippen LogP contribution in [0.25, 0.3) is 6.08 Å². The molecule has 1 aliphatic rings.